The Morgan fingerprint density at radius 2 is 2.50 bits per heavy atom. The van der Waals surface area contributed by atoms with Crippen molar-refractivity contribution < 1.29 is 14.6 Å². The second kappa shape index (κ2) is 4.49. The van der Waals surface area contributed by atoms with Gasteiger partial charge in [0.1, 0.15) is 0 Å². The Bertz CT molecular complexity index is 395. The van der Waals surface area contributed by atoms with Crippen LogP contribution in [0.2, 0.25) is 0 Å². The summed E-state index contributed by atoms with van der Waals surface area (Å²) < 4.78 is 4.96. The van der Waals surface area contributed by atoms with Crippen molar-refractivity contribution in [3.8, 4) is 5.88 Å². The summed E-state index contributed by atoms with van der Waals surface area (Å²) in [6.07, 6.45) is 1.79. The predicted molar refractivity (Wildman–Crippen MR) is 57.3 cm³/mol. The summed E-state index contributed by atoms with van der Waals surface area (Å²) in [5.41, 5.74) is 0.543. The minimum Gasteiger partial charge on any atom is -0.481 e. The Hall–Kier alpha value is -1.62. The van der Waals surface area contributed by atoms with Gasteiger partial charge >= 0.3 is 0 Å². The number of carbonyl (C=O) groups is 1. The van der Waals surface area contributed by atoms with E-state index < -0.39 is 6.10 Å². The van der Waals surface area contributed by atoms with E-state index in [4.69, 9.17) is 4.74 Å². The van der Waals surface area contributed by atoms with E-state index in [1.807, 2.05) is 0 Å². The molecule has 16 heavy (non-hydrogen) atoms. The van der Waals surface area contributed by atoms with E-state index in [-0.39, 0.29) is 5.91 Å². The molecule has 86 valence electrons. The molecule has 0 saturated carbocycles. The summed E-state index contributed by atoms with van der Waals surface area (Å²) >= 11 is 0. The summed E-state index contributed by atoms with van der Waals surface area (Å²) in [7, 11) is 1.51. The number of aromatic nitrogens is 1. The van der Waals surface area contributed by atoms with Gasteiger partial charge in [0.2, 0.25) is 5.88 Å². The number of aliphatic hydroxyl groups is 1. The normalized spacial score (nSPS) is 19.9. The Labute approximate surface area is 93.7 Å². The van der Waals surface area contributed by atoms with E-state index in [1.165, 1.54) is 7.11 Å². The summed E-state index contributed by atoms with van der Waals surface area (Å²) in [5, 5.41) is 9.37. The topological polar surface area (TPSA) is 62.7 Å². The molecule has 0 aromatic carbocycles. The number of amides is 1. The van der Waals surface area contributed by atoms with Crippen LogP contribution in [-0.4, -0.2) is 47.2 Å². The number of β-amino-alcohol motifs (C(OH)–C–C–N with tert-alkyl or cyclic N) is 1. The predicted octanol–water partition coefficient (Wildman–Crippen LogP) is 0.297. The number of nitrogens with zero attached hydrogens (tertiary/aromatic N) is 2. The van der Waals surface area contributed by atoms with Crippen molar-refractivity contribution in [1.82, 2.24) is 9.88 Å². The van der Waals surface area contributed by atoms with Crippen molar-refractivity contribution >= 4 is 5.91 Å². The average molecular weight is 222 g/mol. The Morgan fingerprint density at radius 1 is 1.69 bits per heavy atom. The highest BCUT2D eigenvalue weighted by molar-refractivity contribution is 5.94. The van der Waals surface area contributed by atoms with Crippen LogP contribution in [0.25, 0.3) is 0 Å². The molecule has 0 radical (unpaired) electrons. The number of methoxy groups -OCH3 is 1. The van der Waals surface area contributed by atoms with Gasteiger partial charge in [0.05, 0.1) is 13.2 Å². The van der Waals surface area contributed by atoms with E-state index in [1.54, 1.807) is 23.2 Å². The van der Waals surface area contributed by atoms with Crippen molar-refractivity contribution in [3.63, 3.8) is 0 Å². The van der Waals surface area contributed by atoms with Crippen LogP contribution in [0.3, 0.4) is 0 Å². The van der Waals surface area contributed by atoms with E-state index in [0.717, 1.165) is 0 Å². The molecule has 0 spiro atoms. The van der Waals surface area contributed by atoms with E-state index in [0.29, 0.717) is 31.0 Å². The van der Waals surface area contributed by atoms with Crippen LogP contribution in [0, 0.1) is 0 Å². The van der Waals surface area contributed by atoms with Gasteiger partial charge in [-0.25, -0.2) is 4.98 Å². The third-order valence-electron chi connectivity index (χ3n) is 2.64. The van der Waals surface area contributed by atoms with Crippen LogP contribution in [0.5, 0.6) is 5.88 Å². The second-order valence-electron chi connectivity index (χ2n) is 3.78. The molecule has 2 heterocycles. The molecule has 1 N–H and O–H groups in total. The standard InChI is InChI=1S/C11H14N2O3/c1-16-10-6-8(2-4-12-10)11(15)13-5-3-9(14)7-13/h2,4,6,9,14H,3,5,7H2,1H3. The minimum absolute atomic E-state index is 0.0859. The van der Waals surface area contributed by atoms with Crippen molar-refractivity contribution in [2.75, 3.05) is 20.2 Å². The first-order valence-electron chi connectivity index (χ1n) is 5.18. The summed E-state index contributed by atoms with van der Waals surface area (Å²) in [6.45, 7) is 1.01. The fraction of sp³-hybridized carbons (Fsp3) is 0.455. The molecule has 1 saturated heterocycles. The summed E-state index contributed by atoms with van der Waals surface area (Å²) in [5.74, 6) is 0.336. The number of carbonyl (C=O) groups excluding carboxylic acids is 1. The lowest BCUT2D eigenvalue weighted by atomic mass is 10.2. The smallest absolute Gasteiger partial charge is 0.254 e. The van der Waals surface area contributed by atoms with Crippen molar-refractivity contribution in [3.05, 3.63) is 23.9 Å². The lowest BCUT2D eigenvalue weighted by molar-refractivity contribution is 0.0764. The van der Waals surface area contributed by atoms with Gasteiger partial charge in [-0.3, -0.25) is 4.79 Å². The van der Waals surface area contributed by atoms with Gasteiger partial charge in [-0.1, -0.05) is 0 Å². The molecule has 1 unspecified atom stereocenters. The number of hydrogen-bond acceptors (Lipinski definition) is 4. The number of rotatable bonds is 2. The van der Waals surface area contributed by atoms with Gasteiger partial charge in [0, 0.05) is 30.9 Å². The highest BCUT2D eigenvalue weighted by Gasteiger charge is 2.25. The van der Waals surface area contributed by atoms with Gasteiger partial charge in [0.15, 0.2) is 0 Å². The molecule has 0 aliphatic carbocycles. The third-order valence-corrected chi connectivity index (χ3v) is 2.64. The van der Waals surface area contributed by atoms with Gasteiger partial charge in [0.25, 0.3) is 5.91 Å². The Morgan fingerprint density at radius 3 is 3.12 bits per heavy atom. The number of likely N-dealkylation sites (tertiary alicyclic amines) is 1. The van der Waals surface area contributed by atoms with Crippen molar-refractivity contribution in [2.45, 2.75) is 12.5 Å². The van der Waals surface area contributed by atoms with Crippen LogP contribution in [0.4, 0.5) is 0 Å². The Kier molecular flexibility index (Phi) is 3.05. The van der Waals surface area contributed by atoms with Crippen LogP contribution in [0.15, 0.2) is 18.3 Å². The lowest BCUT2D eigenvalue weighted by Gasteiger charge is -2.15. The molecule has 1 aromatic rings. The molecule has 5 nitrogen and oxygen atoms in total. The van der Waals surface area contributed by atoms with Gasteiger partial charge in [-0.05, 0) is 12.5 Å². The molecule has 1 amide bonds. The molecular weight excluding hydrogens is 208 g/mol. The summed E-state index contributed by atoms with van der Waals surface area (Å²) in [6, 6.07) is 3.25. The first-order valence-corrected chi connectivity index (χ1v) is 5.18. The maximum absolute atomic E-state index is 12.0. The molecule has 1 aromatic heterocycles. The van der Waals surface area contributed by atoms with E-state index >= 15 is 0 Å². The number of pyridine rings is 1. The fourth-order valence-electron chi connectivity index (χ4n) is 1.76. The average Bonchev–Trinajstić information content (AvgIpc) is 2.75. The molecule has 5 heteroatoms. The molecular formula is C11H14N2O3. The molecule has 1 aliphatic rings. The fourth-order valence-corrected chi connectivity index (χ4v) is 1.76. The molecule has 0 bridgehead atoms. The van der Waals surface area contributed by atoms with Crippen LogP contribution in [0.1, 0.15) is 16.8 Å². The molecule has 1 aliphatic heterocycles. The minimum atomic E-state index is -0.396. The van der Waals surface area contributed by atoms with Crippen molar-refractivity contribution in [2.24, 2.45) is 0 Å². The zero-order valence-corrected chi connectivity index (χ0v) is 9.09. The lowest BCUT2D eigenvalue weighted by Crippen LogP contribution is -2.29. The highest BCUT2D eigenvalue weighted by Crippen LogP contribution is 2.15. The van der Waals surface area contributed by atoms with Crippen molar-refractivity contribution in [1.29, 1.82) is 0 Å². The SMILES string of the molecule is COc1cc(C(=O)N2CCC(O)C2)ccn1. The maximum atomic E-state index is 12.0. The first kappa shape index (κ1) is 10.9. The Balaban J connectivity index is 2.14. The first-order chi connectivity index (χ1) is 7.70. The molecule has 2 rings (SSSR count). The quantitative estimate of drug-likeness (QED) is 0.781. The third kappa shape index (κ3) is 2.14. The number of hydrogen-bond donors (Lipinski definition) is 1. The van der Waals surface area contributed by atoms with E-state index in [2.05, 4.69) is 4.98 Å². The van der Waals surface area contributed by atoms with Crippen LogP contribution in [-0.2, 0) is 0 Å². The van der Waals surface area contributed by atoms with Gasteiger partial charge in [-0.15, -0.1) is 0 Å². The zero-order chi connectivity index (χ0) is 11.5. The highest BCUT2D eigenvalue weighted by atomic mass is 16.5. The molecule has 1 fully saturated rings. The molecule has 1 atom stereocenters. The maximum Gasteiger partial charge on any atom is 0.254 e. The number of aliphatic hydroxyl groups excluding tert-OH is 1. The largest absolute Gasteiger partial charge is 0.481 e. The summed E-state index contributed by atoms with van der Waals surface area (Å²) in [4.78, 5) is 17.6. The number of ether oxygens (including phenoxy) is 1. The van der Waals surface area contributed by atoms with Crippen LogP contribution < -0.4 is 4.74 Å². The second-order valence-corrected chi connectivity index (χ2v) is 3.78. The van der Waals surface area contributed by atoms with Crippen LogP contribution >= 0.6 is 0 Å². The monoisotopic (exact) mass is 222 g/mol. The van der Waals surface area contributed by atoms with E-state index in [9.17, 15) is 9.90 Å². The van der Waals surface area contributed by atoms with Gasteiger partial charge < -0.3 is 14.7 Å². The zero-order valence-electron chi connectivity index (χ0n) is 9.09. The van der Waals surface area contributed by atoms with Gasteiger partial charge in [-0.2, -0.15) is 0 Å².